The first-order valence-corrected chi connectivity index (χ1v) is 4.93. The second kappa shape index (κ2) is 2.84. The minimum absolute atomic E-state index is 0.135. The van der Waals surface area contributed by atoms with Crippen LogP contribution in [0.3, 0.4) is 0 Å². The van der Waals surface area contributed by atoms with Crippen LogP contribution in [-0.4, -0.2) is 9.61 Å². The quantitative estimate of drug-likeness (QED) is 0.621. The van der Waals surface area contributed by atoms with Crippen LogP contribution >= 0.6 is 0 Å². The molecule has 0 fully saturated rings. The van der Waals surface area contributed by atoms with E-state index >= 15 is 0 Å². The molecule has 0 unspecified atom stereocenters. The van der Waals surface area contributed by atoms with Gasteiger partial charge in [-0.3, -0.25) is 0 Å². The number of fused-ring (bicyclic) bond motifs is 1. The molecule has 74 valence electrons. The number of hydrogen-bond acceptors (Lipinski definition) is 1. The molecule has 2 rings (SSSR count). The molecule has 2 aromatic heterocycles. The van der Waals surface area contributed by atoms with Crippen molar-refractivity contribution in [3.05, 3.63) is 35.7 Å². The standard InChI is InChI=1S/C12H16N2/c1-9-7-10-5-6-13-14(10)11(8-9)12(2,3)4/h5-8H,1-4H3. The van der Waals surface area contributed by atoms with Gasteiger partial charge in [-0.05, 0) is 30.7 Å². The van der Waals surface area contributed by atoms with Crippen LogP contribution in [0.15, 0.2) is 24.4 Å². The van der Waals surface area contributed by atoms with Crippen molar-refractivity contribution in [3.8, 4) is 0 Å². The van der Waals surface area contributed by atoms with Crippen molar-refractivity contribution in [2.75, 3.05) is 0 Å². The van der Waals surface area contributed by atoms with E-state index in [-0.39, 0.29) is 5.41 Å². The lowest BCUT2D eigenvalue weighted by Gasteiger charge is -2.20. The van der Waals surface area contributed by atoms with E-state index in [4.69, 9.17) is 0 Å². The first-order valence-electron chi connectivity index (χ1n) is 4.93. The molecular formula is C12H16N2. The minimum atomic E-state index is 0.135. The Balaban J connectivity index is 2.80. The fourth-order valence-electron chi connectivity index (χ4n) is 1.71. The molecule has 0 aliphatic carbocycles. The highest BCUT2D eigenvalue weighted by Crippen LogP contribution is 2.23. The van der Waals surface area contributed by atoms with Gasteiger partial charge in [0.05, 0.1) is 5.52 Å². The number of rotatable bonds is 0. The Hall–Kier alpha value is -1.31. The molecule has 0 radical (unpaired) electrons. The smallest absolute Gasteiger partial charge is 0.0667 e. The van der Waals surface area contributed by atoms with Crippen molar-refractivity contribution in [2.45, 2.75) is 33.1 Å². The molecule has 2 nitrogen and oxygen atoms in total. The molecule has 2 heterocycles. The lowest BCUT2D eigenvalue weighted by atomic mass is 9.90. The van der Waals surface area contributed by atoms with Crippen LogP contribution in [0.25, 0.3) is 5.52 Å². The van der Waals surface area contributed by atoms with Gasteiger partial charge in [-0.25, -0.2) is 4.52 Å². The van der Waals surface area contributed by atoms with Gasteiger partial charge < -0.3 is 0 Å². The summed E-state index contributed by atoms with van der Waals surface area (Å²) in [5.41, 5.74) is 3.87. The van der Waals surface area contributed by atoms with E-state index in [2.05, 4.69) is 44.9 Å². The van der Waals surface area contributed by atoms with E-state index in [9.17, 15) is 0 Å². The SMILES string of the molecule is Cc1cc(C(C)(C)C)n2nccc2c1. The lowest BCUT2D eigenvalue weighted by Crippen LogP contribution is -2.17. The topological polar surface area (TPSA) is 17.3 Å². The predicted octanol–water partition coefficient (Wildman–Crippen LogP) is 2.94. The third-order valence-corrected chi connectivity index (χ3v) is 2.41. The van der Waals surface area contributed by atoms with Gasteiger partial charge in [0.15, 0.2) is 0 Å². The fraction of sp³-hybridized carbons (Fsp3) is 0.417. The average Bonchev–Trinajstić information content (AvgIpc) is 2.47. The highest BCUT2D eigenvalue weighted by molar-refractivity contribution is 5.49. The van der Waals surface area contributed by atoms with Gasteiger partial charge in [0.25, 0.3) is 0 Å². The van der Waals surface area contributed by atoms with Crippen molar-refractivity contribution < 1.29 is 0 Å². The normalized spacial score (nSPS) is 12.3. The summed E-state index contributed by atoms with van der Waals surface area (Å²) in [6.07, 6.45) is 1.85. The zero-order valence-electron chi connectivity index (χ0n) is 9.20. The Labute approximate surface area is 84.6 Å². The second-order valence-corrected chi connectivity index (χ2v) is 4.84. The first kappa shape index (κ1) is 9.25. The molecule has 0 aliphatic heterocycles. The van der Waals surface area contributed by atoms with Crippen LogP contribution in [0.1, 0.15) is 32.0 Å². The van der Waals surface area contributed by atoms with Crippen molar-refractivity contribution >= 4 is 5.52 Å². The third kappa shape index (κ3) is 1.41. The van der Waals surface area contributed by atoms with Crippen LogP contribution in [0.4, 0.5) is 0 Å². The van der Waals surface area contributed by atoms with Gasteiger partial charge in [0.2, 0.25) is 0 Å². The van der Waals surface area contributed by atoms with E-state index in [1.807, 2.05) is 16.8 Å². The Kier molecular flexibility index (Phi) is 1.88. The lowest BCUT2D eigenvalue weighted by molar-refractivity contribution is 0.548. The summed E-state index contributed by atoms with van der Waals surface area (Å²) in [7, 11) is 0. The van der Waals surface area contributed by atoms with Crippen LogP contribution < -0.4 is 0 Å². The highest BCUT2D eigenvalue weighted by Gasteiger charge is 2.17. The maximum atomic E-state index is 4.34. The second-order valence-electron chi connectivity index (χ2n) is 4.84. The summed E-state index contributed by atoms with van der Waals surface area (Å²) in [6, 6.07) is 6.41. The van der Waals surface area contributed by atoms with Gasteiger partial charge in [0.1, 0.15) is 0 Å². The van der Waals surface area contributed by atoms with Gasteiger partial charge in [-0.1, -0.05) is 20.8 Å². The van der Waals surface area contributed by atoms with Crippen LogP contribution in [-0.2, 0) is 5.41 Å². The third-order valence-electron chi connectivity index (χ3n) is 2.41. The molecule has 2 heteroatoms. The van der Waals surface area contributed by atoms with Crippen LogP contribution in [0.5, 0.6) is 0 Å². The first-order chi connectivity index (χ1) is 6.48. The fourth-order valence-corrected chi connectivity index (χ4v) is 1.71. The van der Waals surface area contributed by atoms with Crippen LogP contribution in [0, 0.1) is 6.92 Å². The molecule has 0 spiro atoms. The van der Waals surface area contributed by atoms with Crippen molar-refractivity contribution in [3.63, 3.8) is 0 Å². The van der Waals surface area contributed by atoms with Gasteiger partial charge >= 0.3 is 0 Å². The zero-order valence-corrected chi connectivity index (χ0v) is 9.20. The molecular weight excluding hydrogens is 172 g/mol. The van der Waals surface area contributed by atoms with Crippen LogP contribution in [0.2, 0.25) is 0 Å². The Morgan fingerprint density at radius 1 is 1.21 bits per heavy atom. The summed E-state index contributed by atoms with van der Waals surface area (Å²) in [5, 5.41) is 4.34. The number of aromatic nitrogens is 2. The van der Waals surface area contributed by atoms with Gasteiger partial charge in [-0.2, -0.15) is 5.10 Å². The van der Waals surface area contributed by atoms with E-state index < -0.39 is 0 Å². The summed E-state index contributed by atoms with van der Waals surface area (Å²) < 4.78 is 2.02. The summed E-state index contributed by atoms with van der Waals surface area (Å²) in [6.45, 7) is 8.76. The maximum absolute atomic E-state index is 4.34. The monoisotopic (exact) mass is 188 g/mol. The Morgan fingerprint density at radius 3 is 2.57 bits per heavy atom. The van der Waals surface area contributed by atoms with Crippen molar-refractivity contribution in [1.82, 2.24) is 9.61 Å². The molecule has 2 aromatic rings. The summed E-state index contributed by atoms with van der Waals surface area (Å²) in [4.78, 5) is 0. The average molecular weight is 188 g/mol. The zero-order chi connectivity index (χ0) is 10.3. The molecule has 0 saturated heterocycles. The van der Waals surface area contributed by atoms with E-state index in [1.54, 1.807) is 0 Å². The number of nitrogens with zero attached hydrogens (tertiary/aromatic N) is 2. The molecule has 0 N–H and O–H groups in total. The molecule has 0 atom stereocenters. The molecule has 0 bridgehead atoms. The molecule has 0 aliphatic rings. The molecule has 0 amide bonds. The number of hydrogen-bond donors (Lipinski definition) is 0. The molecule has 0 saturated carbocycles. The van der Waals surface area contributed by atoms with E-state index in [0.717, 1.165) is 0 Å². The summed E-state index contributed by atoms with van der Waals surface area (Å²) >= 11 is 0. The summed E-state index contributed by atoms with van der Waals surface area (Å²) in [5.74, 6) is 0. The van der Waals surface area contributed by atoms with E-state index in [1.165, 1.54) is 16.8 Å². The van der Waals surface area contributed by atoms with E-state index in [0.29, 0.717) is 0 Å². The highest BCUT2D eigenvalue weighted by atomic mass is 15.2. The largest absolute Gasteiger partial charge is 0.237 e. The number of pyridine rings is 1. The van der Waals surface area contributed by atoms with Gasteiger partial charge in [-0.15, -0.1) is 0 Å². The van der Waals surface area contributed by atoms with Crippen molar-refractivity contribution in [2.24, 2.45) is 0 Å². The number of aryl methyl sites for hydroxylation is 1. The van der Waals surface area contributed by atoms with Gasteiger partial charge in [0, 0.05) is 17.3 Å². The maximum Gasteiger partial charge on any atom is 0.0667 e. The minimum Gasteiger partial charge on any atom is -0.237 e. The molecule has 0 aromatic carbocycles. The Morgan fingerprint density at radius 2 is 1.93 bits per heavy atom. The van der Waals surface area contributed by atoms with Crippen molar-refractivity contribution in [1.29, 1.82) is 0 Å². The Bertz CT molecular complexity index is 461. The molecule has 14 heavy (non-hydrogen) atoms. The predicted molar refractivity (Wildman–Crippen MR) is 58.6 cm³/mol.